The van der Waals surface area contributed by atoms with E-state index in [1.807, 2.05) is 17.0 Å². The summed E-state index contributed by atoms with van der Waals surface area (Å²) in [5, 5.41) is 13.9. The van der Waals surface area contributed by atoms with Crippen LogP contribution in [-0.4, -0.2) is 51.9 Å². The lowest BCUT2D eigenvalue weighted by atomic mass is 9.97. The van der Waals surface area contributed by atoms with Crippen molar-refractivity contribution in [2.75, 3.05) is 11.4 Å². The Balaban J connectivity index is 1.06. The first kappa shape index (κ1) is 25.3. The van der Waals surface area contributed by atoms with Crippen molar-refractivity contribution in [2.45, 2.75) is 89.0 Å². The Morgan fingerprint density at radius 1 is 1.07 bits per heavy atom. The molecule has 2 aromatic carbocycles. The van der Waals surface area contributed by atoms with Gasteiger partial charge in [0.15, 0.2) is 0 Å². The fourth-order valence-electron chi connectivity index (χ4n) is 7.02. The summed E-state index contributed by atoms with van der Waals surface area (Å²) in [5.41, 5.74) is 6.29. The van der Waals surface area contributed by atoms with Crippen LogP contribution >= 0.6 is 0 Å². The molecule has 4 heterocycles. The first-order chi connectivity index (χ1) is 19.5. The van der Waals surface area contributed by atoms with Crippen LogP contribution in [-0.2, 0) is 17.8 Å². The summed E-state index contributed by atoms with van der Waals surface area (Å²) in [7, 11) is 0. The lowest BCUT2D eigenvalue weighted by molar-refractivity contribution is -0.0165. The predicted octanol–water partition coefficient (Wildman–Crippen LogP) is 6.31. The maximum atomic E-state index is 13.9. The third-order valence-corrected chi connectivity index (χ3v) is 9.22. The van der Waals surface area contributed by atoms with Gasteiger partial charge in [0.2, 0.25) is 0 Å². The number of carbonyl (C=O) groups is 2. The normalized spacial score (nSPS) is 23.8. The minimum atomic E-state index is -0.937. The van der Waals surface area contributed by atoms with E-state index in [0.717, 1.165) is 85.2 Å². The molecule has 0 radical (unpaired) electrons. The molecule has 1 aliphatic carbocycles. The standard InChI is InChI=1S/C32H35N3O5/c1-19-5-2-3-7-26(19)29-27(30(40-33-29)20-8-9-20)18-39-25-16-23-11-12-24(17-25)35(23)32(38)34-14-4-6-21-15-22(31(36)37)10-13-28(21)34/h2-3,5,7,10,13,15,20,23-25H,4,6,8-9,11-12,14,16-18H2,1H3,(H,36,37). The average molecular weight is 542 g/mol. The summed E-state index contributed by atoms with van der Waals surface area (Å²) in [4.78, 5) is 29.3. The van der Waals surface area contributed by atoms with Gasteiger partial charge in [-0.25, -0.2) is 9.59 Å². The molecule has 8 heteroatoms. The number of aromatic carboxylic acids is 1. The van der Waals surface area contributed by atoms with Crippen LogP contribution in [0.3, 0.4) is 0 Å². The molecule has 7 rings (SSSR count). The number of aromatic nitrogens is 1. The number of urea groups is 1. The number of hydrogen-bond donors (Lipinski definition) is 1. The van der Waals surface area contributed by atoms with Gasteiger partial charge in [0.1, 0.15) is 11.5 Å². The SMILES string of the molecule is Cc1ccccc1-c1noc(C2CC2)c1COC1CC2CCC(C1)N2C(=O)N1CCCc2cc(C(=O)O)ccc21. The van der Waals surface area contributed by atoms with Gasteiger partial charge < -0.3 is 19.3 Å². The Labute approximate surface area is 233 Å². The summed E-state index contributed by atoms with van der Waals surface area (Å²) in [6.45, 7) is 3.23. The van der Waals surface area contributed by atoms with Crippen LogP contribution in [0.25, 0.3) is 11.3 Å². The summed E-state index contributed by atoms with van der Waals surface area (Å²) < 4.78 is 12.5. The van der Waals surface area contributed by atoms with Crippen LogP contribution < -0.4 is 4.90 Å². The van der Waals surface area contributed by atoms with Crippen molar-refractivity contribution in [1.82, 2.24) is 10.1 Å². The molecule has 40 heavy (non-hydrogen) atoms. The number of hydrogen-bond acceptors (Lipinski definition) is 5. The van der Waals surface area contributed by atoms with Gasteiger partial charge in [0.05, 0.1) is 18.3 Å². The molecule has 1 N–H and O–H groups in total. The maximum Gasteiger partial charge on any atom is 0.335 e. The number of nitrogens with zero attached hydrogens (tertiary/aromatic N) is 3. The number of aryl methyl sites for hydroxylation is 2. The highest BCUT2D eigenvalue weighted by molar-refractivity contribution is 5.95. The van der Waals surface area contributed by atoms with Crippen molar-refractivity contribution in [3.05, 3.63) is 70.5 Å². The maximum absolute atomic E-state index is 13.9. The van der Waals surface area contributed by atoms with Crippen molar-refractivity contribution in [3.8, 4) is 11.3 Å². The molecule has 2 atom stereocenters. The number of rotatable bonds is 6. The van der Waals surface area contributed by atoms with E-state index in [-0.39, 0.29) is 29.8 Å². The van der Waals surface area contributed by atoms with E-state index in [2.05, 4.69) is 29.1 Å². The van der Waals surface area contributed by atoms with Crippen LogP contribution in [0.15, 0.2) is 47.0 Å². The van der Waals surface area contributed by atoms with Gasteiger partial charge in [0.25, 0.3) is 0 Å². The van der Waals surface area contributed by atoms with Gasteiger partial charge in [-0.3, -0.25) is 4.90 Å². The quantitative estimate of drug-likeness (QED) is 0.393. The number of piperidine rings is 1. The highest BCUT2D eigenvalue weighted by Gasteiger charge is 2.46. The van der Waals surface area contributed by atoms with Crippen LogP contribution in [0, 0.1) is 6.92 Å². The topological polar surface area (TPSA) is 96.1 Å². The zero-order chi connectivity index (χ0) is 27.4. The summed E-state index contributed by atoms with van der Waals surface area (Å²) in [6.07, 6.45) is 7.61. The summed E-state index contributed by atoms with van der Waals surface area (Å²) in [5.74, 6) is 0.481. The second-order valence-electron chi connectivity index (χ2n) is 11.8. The second kappa shape index (κ2) is 10.1. The molecule has 8 nitrogen and oxygen atoms in total. The van der Waals surface area contributed by atoms with Crippen LogP contribution in [0.5, 0.6) is 0 Å². The number of carboxylic acids is 1. The molecule has 1 saturated carbocycles. The molecule has 2 amide bonds. The highest BCUT2D eigenvalue weighted by atomic mass is 16.5. The molecule has 3 aromatic rings. The lowest BCUT2D eigenvalue weighted by Gasteiger charge is -2.42. The Morgan fingerprint density at radius 2 is 1.85 bits per heavy atom. The summed E-state index contributed by atoms with van der Waals surface area (Å²) in [6, 6.07) is 13.8. The van der Waals surface area contributed by atoms with E-state index < -0.39 is 5.97 Å². The number of carboxylic acid groups (broad SMARTS) is 1. The van der Waals surface area contributed by atoms with Crippen molar-refractivity contribution >= 4 is 17.7 Å². The number of anilines is 1. The van der Waals surface area contributed by atoms with Gasteiger partial charge in [-0.05, 0) is 87.6 Å². The molecule has 208 valence electrons. The first-order valence-corrected chi connectivity index (χ1v) is 14.6. The highest BCUT2D eigenvalue weighted by Crippen LogP contribution is 2.45. The third-order valence-electron chi connectivity index (χ3n) is 9.22. The monoisotopic (exact) mass is 541 g/mol. The zero-order valence-electron chi connectivity index (χ0n) is 22.8. The number of carbonyl (C=O) groups excluding carboxylic acids is 1. The lowest BCUT2D eigenvalue weighted by Crippen LogP contribution is -2.54. The van der Waals surface area contributed by atoms with E-state index in [4.69, 9.17) is 9.26 Å². The largest absolute Gasteiger partial charge is 0.478 e. The number of fused-ring (bicyclic) bond motifs is 3. The van der Waals surface area contributed by atoms with Crippen molar-refractivity contribution in [3.63, 3.8) is 0 Å². The van der Waals surface area contributed by atoms with E-state index in [0.29, 0.717) is 19.1 Å². The smallest absolute Gasteiger partial charge is 0.335 e. The molecule has 1 aromatic heterocycles. The van der Waals surface area contributed by atoms with E-state index in [1.165, 1.54) is 5.56 Å². The van der Waals surface area contributed by atoms with Crippen LogP contribution in [0.2, 0.25) is 0 Å². The van der Waals surface area contributed by atoms with E-state index in [9.17, 15) is 14.7 Å². The Morgan fingerprint density at radius 3 is 2.58 bits per heavy atom. The molecule has 4 aliphatic rings. The van der Waals surface area contributed by atoms with E-state index >= 15 is 0 Å². The van der Waals surface area contributed by atoms with Gasteiger partial charge in [0, 0.05) is 41.4 Å². The third kappa shape index (κ3) is 4.48. The van der Waals surface area contributed by atoms with Crippen molar-refractivity contribution in [2.24, 2.45) is 0 Å². The molecule has 0 spiro atoms. The average Bonchev–Trinajstić information content (AvgIpc) is 3.67. The van der Waals surface area contributed by atoms with Gasteiger partial charge in [-0.15, -0.1) is 0 Å². The summed E-state index contributed by atoms with van der Waals surface area (Å²) >= 11 is 0. The fourth-order valence-corrected chi connectivity index (χ4v) is 7.02. The minimum Gasteiger partial charge on any atom is -0.478 e. The first-order valence-electron chi connectivity index (χ1n) is 14.6. The van der Waals surface area contributed by atoms with Crippen molar-refractivity contribution in [1.29, 1.82) is 0 Å². The molecular formula is C32H35N3O5. The molecule has 3 fully saturated rings. The number of benzene rings is 2. The second-order valence-corrected chi connectivity index (χ2v) is 11.8. The Bertz CT molecular complexity index is 1450. The number of amides is 2. The predicted molar refractivity (Wildman–Crippen MR) is 150 cm³/mol. The van der Waals surface area contributed by atoms with Gasteiger partial charge in [-0.1, -0.05) is 29.4 Å². The minimum absolute atomic E-state index is 0.0480. The van der Waals surface area contributed by atoms with E-state index in [1.54, 1.807) is 18.2 Å². The Hall–Kier alpha value is -3.65. The molecule has 2 bridgehead atoms. The number of ether oxygens (including phenoxy) is 1. The van der Waals surface area contributed by atoms with Crippen LogP contribution in [0.1, 0.15) is 83.7 Å². The van der Waals surface area contributed by atoms with Gasteiger partial charge in [-0.2, -0.15) is 0 Å². The fraction of sp³-hybridized carbons (Fsp3) is 0.469. The van der Waals surface area contributed by atoms with Gasteiger partial charge >= 0.3 is 12.0 Å². The molecular weight excluding hydrogens is 506 g/mol. The van der Waals surface area contributed by atoms with Crippen LogP contribution in [0.4, 0.5) is 10.5 Å². The van der Waals surface area contributed by atoms with Crippen molar-refractivity contribution < 1.29 is 24.0 Å². The Kier molecular flexibility index (Phi) is 6.38. The molecule has 2 saturated heterocycles. The molecule has 3 aliphatic heterocycles. The zero-order valence-corrected chi connectivity index (χ0v) is 22.8. The molecule has 2 unspecified atom stereocenters.